The van der Waals surface area contributed by atoms with Gasteiger partial charge in [-0.3, -0.25) is 28.8 Å². The molecule has 0 N–H and O–H groups in total. The van der Waals surface area contributed by atoms with Crippen LogP contribution in [0.15, 0.2) is 217 Å². The van der Waals surface area contributed by atoms with Gasteiger partial charge in [0.25, 0.3) is 0 Å². The van der Waals surface area contributed by atoms with E-state index in [1.54, 1.807) is 36.5 Å². The summed E-state index contributed by atoms with van der Waals surface area (Å²) in [6.45, 7) is 4.48. The second-order valence-corrected chi connectivity index (χ2v) is 15.2. The number of Topliss-reactive ketones (excluding diaryl/α,β-unsaturated/α-hetero) is 3. The fourth-order valence-corrected chi connectivity index (χ4v) is 6.21. The van der Waals surface area contributed by atoms with Crippen LogP contribution in [0.4, 0.5) is 0 Å². The van der Waals surface area contributed by atoms with Crippen LogP contribution in [0.2, 0.25) is 0 Å². The zero-order valence-corrected chi connectivity index (χ0v) is 41.3. The van der Waals surface area contributed by atoms with Gasteiger partial charge in [0.15, 0.2) is 17.3 Å². The van der Waals surface area contributed by atoms with Gasteiger partial charge >= 0.3 is 0 Å². The van der Waals surface area contributed by atoms with E-state index in [2.05, 4.69) is 0 Å². The fourth-order valence-electron chi connectivity index (χ4n) is 6.21. The first-order chi connectivity index (χ1) is 31.9. The minimum absolute atomic E-state index is 0. The van der Waals surface area contributed by atoms with Crippen LogP contribution in [0.1, 0.15) is 73.4 Å². The van der Waals surface area contributed by atoms with Crippen molar-refractivity contribution in [3.8, 4) is 0 Å². The Morgan fingerprint density at radius 3 is 0.647 bits per heavy atom. The molecule has 8 heteroatoms. The van der Waals surface area contributed by atoms with E-state index < -0.39 is 0 Å². The molecule has 0 saturated heterocycles. The SMILES string of the molecule is CC(=O)CC(=Cc1ccccc1)C(=O)C=Cc1ccccc1.CC(=O)CC(=Cc1ccccc1)C(=O)C=Cc1ccccc1.CC(=O)CC(=Cc1ccccc1)C(=O)C=Cc1ccccc1.[Pd].[Pd]. The molecule has 0 amide bonds. The van der Waals surface area contributed by atoms with Crippen LogP contribution >= 0.6 is 0 Å². The smallest absolute Gasteiger partial charge is 0.182 e. The molecule has 0 atom stereocenters. The van der Waals surface area contributed by atoms with Gasteiger partial charge < -0.3 is 0 Å². The molecule has 0 spiro atoms. The summed E-state index contributed by atoms with van der Waals surface area (Å²) in [6, 6.07) is 57.5. The third kappa shape index (κ3) is 23.5. The van der Waals surface area contributed by atoms with Crippen LogP contribution in [-0.2, 0) is 69.6 Å². The Hall–Kier alpha value is -6.90. The van der Waals surface area contributed by atoms with E-state index in [1.807, 2.05) is 182 Å². The predicted octanol–water partition coefficient (Wildman–Crippen LogP) is 13.0. The molecule has 0 saturated carbocycles. The summed E-state index contributed by atoms with van der Waals surface area (Å²) in [5.74, 6) is -0.482. The van der Waals surface area contributed by atoms with Crippen LogP contribution in [0, 0.1) is 0 Å². The Balaban J connectivity index is 0.000000345. The standard InChI is InChI=1S/3C20H18O2.2Pd/c3*1-16(21)14-19(15-18-10-6-3-7-11-18)20(22)13-12-17-8-4-2-5-9-17;;/h3*2-13,15H,14H2,1H3;;. The quantitative estimate of drug-likeness (QED) is 0.0627. The fraction of sp³-hybridized carbons (Fsp3) is 0.100. The van der Waals surface area contributed by atoms with Crippen LogP contribution in [0.5, 0.6) is 0 Å². The Morgan fingerprint density at radius 2 is 0.471 bits per heavy atom. The number of rotatable bonds is 18. The Morgan fingerprint density at radius 1 is 0.294 bits per heavy atom. The van der Waals surface area contributed by atoms with E-state index in [-0.39, 0.29) is 94.8 Å². The van der Waals surface area contributed by atoms with Crippen molar-refractivity contribution in [3.63, 3.8) is 0 Å². The van der Waals surface area contributed by atoms with Gasteiger partial charge in [0, 0.05) is 76.8 Å². The van der Waals surface area contributed by atoms with E-state index in [4.69, 9.17) is 0 Å². The van der Waals surface area contributed by atoms with Gasteiger partial charge in [0.1, 0.15) is 17.3 Å². The van der Waals surface area contributed by atoms with Crippen LogP contribution in [0.3, 0.4) is 0 Å². The normalized spacial score (nSPS) is 11.2. The zero-order valence-electron chi connectivity index (χ0n) is 38.2. The molecule has 0 fully saturated rings. The van der Waals surface area contributed by atoms with Crippen molar-refractivity contribution < 1.29 is 69.6 Å². The van der Waals surface area contributed by atoms with E-state index in [1.165, 1.54) is 39.0 Å². The zero-order chi connectivity index (χ0) is 47.4. The number of hydrogen-bond acceptors (Lipinski definition) is 6. The molecule has 68 heavy (non-hydrogen) atoms. The number of benzene rings is 6. The van der Waals surface area contributed by atoms with Crippen LogP contribution in [-0.4, -0.2) is 34.7 Å². The molecule has 350 valence electrons. The van der Waals surface area contributed by atoms with Crippen LogP contribution in [0.25, 0.3) is 36.5 Å². The molecule has 6 aromatic carbocycles. The van der Waals surface area contributed by atoms with Crippen molar-refractivity contribution in [3.05, 3.63) is 250 Å². The third-order valence-corrected chi connectivity index (χ3v) is 9.37. The van der Waals surface area contributed by atoms with Crippen LogP contribution < -0.4 is 0 Å². The average molecular weight is 1080 g/mol. The number of ketones is 6. The number of carbonyl (C=O) groups is 6. The summed E-state index contributed by atoms with van der Waals surface area (Å²) in [7, 11) is 0. The molecule has 6 aromatic rings. The second-order valence-electron chi connectivity index (χ2n) is 15.2. The van der Waals surface area contributed by atoms with Gasteiger partial charge in [-0.25, -0.2) is 0 Å². The van der Waals surface area contributed by atoms with Gasteiger partial charge in [0.05, 0.1) is 0 Å². The first-order valence-electron chi connectivity index (χ1n) is 21.5. The molecule has 0 unspecified atom stereocenters. The monoisotopic (exact) mass is 1080 g/mol. The largest absolute Gasteiger partial charge is 0.300 e. The van der Waals surface area contributed by atoms with Crippen molar-refractivity contribution in [2.24, 2.45) is 0 Å². The summed E-state index contributed by atoms with van der Waals surface area (Å²) in [5.41, 5.74) is 7.14. The summed E-state index contributed by atoms with van der Waals surface area (Å²) >= 11 is 0. The topological polar surface area (TPSA) is 102 Å². The average Bonchev–Trinajstić information content (AvgIpc) is 3.33. The van der Waals surface area contributed by atoms with Gasteiger partial charge in [-0.1, -0.05) is 200 Å². The molecule has 0 aliphatic heterocycles. The predicted molar refractivity (Wildman–Crippen MR) is 271 cm³/mol. The van der Waals surface area contributed by atoms with Gasteiger partial charge in [-0.05, 0) is 90.6 Å². The summed E-state index contributed by atoms with van der Waals surface area (Å²) in [4.78, 5) is 71.3. The molecule has 0 heterocycles. The molecular formula is C60H54O6Pd2. The van der Waals surface area contributed by atoms with Gasteiger partial charge in [-0.2, -0.15) is 0 Å². The minimum Gasteiger partial charge on any atom is -0.300 e. The summed E-state index contributed by atoms with van der Waals surface area (Å²) in [6.07, 6.45) is 15.6. The van der Waals surface area contributed by atoms with E-state index in [0.29, 0.717) is 16.7 Å². The third-order valence-electron chi connectivity index (χ3n) is 9.37. The van der Waals surface area contributed by atoms with Crippen molar-refractivity contribution in [2.75, 3.05) is 0 Å². The number of allylic oxidation sites excluding steroid dienone is 6. The maximum Gasteiger partial charge on any atom is 0.182 e. The molecule has 6 nitrogen and oxygen atoms in total. The summed E-state index contributed by atoms with van der Waals surface area (Å²) < 4.78 is 0. The Labute approximate surface area is 428 Å². The van der Waals surface area contributed by atoms with Crippen molar-refractivity contribution in [1.29, 1.82) is 0 Å². The first-order valence-corrected chi connectivity index (χ1v) is 21.5. The Bertz CT molecular complexity index is 2400. The molecular weight excluding hydrogens is 1030 g/mol. The number of carbonyl (C=O) groups excluding carboxylic acids is 6. The molecule has 0 aromatic heterocycles. The Kier molecular flexibility index (Phi) is 27.5. The maximum atomic E-state index is 12.3. The maximum absolute atomic E-state index is 12.3. The molecule has 0 aliphatic carbocycles. The summed E-state index contributed by atoms with van der Waals surface area (Å²) in [5, 5.41) is 0. The van der Waals surface area contributed by atoms with E-state index in [9.17, 15) is 28.8 Å². The molecule has 0 radical (unpaired) electrons. The molecule has 0 bridgehead atoms. The molecule has 6 rings (SSSR count). The first kappa shape index (κ1) is 57.2. The molecule has 0 aliphatic rings. The van der Waals surface area contributed by atoms with Crippen molar-refractivity contribution in [1.82, 2.24) is 0 Å². The second kappa shape index (κ2) is 32.7. The van der Waals surface area contributed by atoms with Crippen molar-refractivity contribution in [2.45, 2.75) is 40.0 Å². The van der Waals surface area contributed by atoms with E-state index >= 15 is 0 Å². The van der Waals surface area contributed by atoms with Crippen molar-refractivity contribution >= 4 is 71.2 Å². The van der Waals surface area contributed by atoms with Gasteiger partial charge in [0.2, 0.25) is 0 Å². The number of hydrogen-bond donors (Lipinski definition) is 0. The van der Waals surface area contributed by atoms with Gasteiger partial charge in [-0.15, -0.1) is 0 Å². The van der Waals surface area contributed by atoms with E-state index in [0.717, 1.165) is 33.4 Å². The minimum atomic E-state index is -0.136.